The lowest BCUT2D eigenvalue weighted by atomic mass is 10.1. The molecule has 1 amide bonds. The third kappa shape index (κ3) is 3.46. The van der Waals surface area contributed by atoms with Crippen LogP contribution in [0.2, 0.25) is 0 Å². The Labute approximate surface area is 172 Å². The van der Waals surface area contributed by atoms with E-state index in [1.807, 2.05) is 6.92 Å². The Balaban J connectivity index is 1.80. The van der Waals surface area contributed by atoms with Crippen LogP contribution in [0.4, 0.5) is 0 Å². The van der Waals surface area contributed by atoms with Crippen LogP contribution in [0.25, 0.3) is 10.9 Å². The van der Waals surface area contributed by atoms with E-state index in [0.29, 0.717) is 31.9 Å². The molecule has 0 bridgehead atoms. The molecule has 1 fully saturated rings. The summed E-state index contributed by atoms with van der Waals surface area (Å²) in [7, 11) is -4.23. The van der Waals surface area contributed by atoms with Crippen molar-refractivity contribution in [2.75, 3.05) is 26.3 Å². The van der Waals surface area contributed by atoms with Gasteiger partial charge in [0.2, 0.25) is 9.84 Å². The molecule has 30 heavy (non-hydrogen) atoms. The quantitative estimate of drug-likeness (QED) is 0.658. The molecular weight excluding hydrogens is 408 g/mol. The zero-order chi connectivity index (χ0) is 21.5. The number of ether oxygens (including phenoxy) is 1. The van der Waals surface area contributed by atoms with Gasteiger partial charge in [0.15, 0.2) is 4.90 Å². The summed E-state index contributed by atoms with van der Waals surface area (Å²) in [5.74, 6) is -0.864. The first-order chi connectivity index (χ1) is 14.3. The van der Waals surface area contributed by atoms with Crippen LogP contribution in [-0.4, -0.2) is 55.6 Å². The maximum absolute atomic E-state index is 13.0. The number of pyridine rings is 1. The monoisotopic (exact) mass is 428 g/mol. The fourth-order valence-corrected chi connectivity index (χ4v) is 4.82. The molecule has 1 saturated heterocycles. The number of nitrogens with one attached hydrogen (secondary N) is 1. The van der Waals surface area contributed by atoms with E-state index in [0.717, 1.165) is 5.56 Å². The van der Waals surface area contributed by atoms with E-state index in [1.165, 1.54) is 30.3 Å². The molecule has 8 nitrogen and oxygen atoms in total. The molecule has 4 rings (SSSR count). The summed E-state index contributed by atoms with van der Waals surface area (Å²) in [5.41, 5.74) is 0.424. The van der Waals surface area contributed by atoms with Crippen molar-refractivity contribution in [3.63, 3.8) is 0 Å². The molecule has 0 radical (unpaired) electrons. The van der Waals surface area contributed by atoms with E-state index in [-0.39, 0.29) is 21.7 Å². The van der Waals surface area contributed by atoms with Crippen molar-refractivity contribution in [1.82, 2.24) is 9.88 Å². The van der Waals surface area contributed by atoms with E-state index < -0.39 is 26.0 Å². The van der Waals surface area contributed by atoms with Crippen molar-refractivity contribution < 1.29 is 23.1 Å². The number of aryl methyl sites for hydroxylation is 1. The average molecular weight is 428 g/mol. The number of fused-ring (bicyclic) bond motifs is 1. The number of sulfone groups is 1. The van der Waals surface area contributed by atoms with Crippen molar-refractivity contribution in [3.05, 3.63) is 63.9 Å². The minimum Gasteiger partial charge on any atom is -0.506 e. The Hall–Kier alpha value is -3.17. The molecule has 1 aliphatic heterocycles. The van der Waals surface area contributed by atoms with Crippen molar-refractivity contribution >= 4 is 26.6 Å². The lowest BCUT2D eigenvalue weighted by Gasteiger charge is -2.26. The fraction of sp³-hybridized carbons (Fsp3) is 0.238. The molecular formula is C21H20N2O6S. The van der Waals surface area contributed by atoms with E-state index in [1.54, 1.807) is 17.0 Å². The molecule has 156 valence electrons. The molecule has 0 aliphatic carbocycles. The number of aromatic nitrogens is 1. The minimum absolute atomic E-state index is 0.0904. The van der Waals surface area contributed by atoms with Gasteiger partial charge in [-0.25, -0.2) is 8.42 Å². The molecule has 0 saturated carbocycles. The van der Waals surface area contributed by atoms with E-state index in [2.05, 4.69) is 4.98 Å². The van der Waals surface area contributed by atoms with Crippen molar-refractivity contribution in [2.45, 2.75) is 16.7 Å². The maximum Gasteiger partial charge on any atom is 0.271 e. The Kier molecular flexibility index (Phi) is 5.08. The molecule has 1 aliphatic rings. The van der Waals surface area contributed by atoms with Crippen LogP contribution >= 0.6 is 0 Å². The van der Waals surface area contributed by atoms with Crippen LogP contribution in [0.5, 0.6) is 5.75 Å². The lowest BCUT2D eigenvalue weighted by molar-refractivity contribution is 0.0303. The summed E-state index contributed by atoms with van der Waals surface area (Å²) in [4.78, 5) is 28.6. The van der Waals surface area contributed by atoms with Gasteiger partial charge in [-0.2, -0.15) is 0 Å². The number of rotatable bonds is 3. The molecule has 2 heterocycles. The number of hydrogen-bond acceptors (Lipinski definition) is 6. The maximum atomic E-state index is 13.0. The Morgan fingerprint density at radius 3 is 2.43 bits per heavy atom. The third-order valence-corrected chi connectivity index (χ3v) is 6.90. The highest BCUT2D eigenvalue weighted by Gasteiger charge is 2.28. The first-order valence-corrected chi connectivity index (χ1v) is 10.8. The van der Waals surface area contributed by atoms with Crippen LogP contribution < -0.4 is 5.56 Å². The van der Waals surface area contributed by atoms with Crippen LogP contribution in [-0.2, 0) is 14.6 Å². The highest BCUT2D eigenvalue weighted by molar-refractivity contribution is 7.91. The molecule has 3 aromatic rings. The molecule has 2 aromatic carbocycles. The number of aromatic amines is 1. The van der Waals surface area contributed by atoms with Gasteiger partial charge < -0.3 is 19.7 Å². The van der Waals surface area contributed by atoms with Crippen molar-refractivity contribution in [2.24, 2.45) is 0 Å². The number of aromatic hydroxyl groups is 1. The Morgan fingerprint density at radius 1 is 1.10 bits per heavy atom. The molecule has 2 N–H and O–H groups in total. The van der Waals surface area contributed by atoms with Crippen LogP contribution in [0.15, 0.2) is 57.1 Å². The summed E-state index contributed by atoms with van der Waals surface area (Å²) < 4.78 is 31.2. The zero-order valence-corrected chi connectivity index (χ0v) is 17.0. The topological polar surface area (TPSA) is 117 Å². The van der Waals surface area contributed by atoms with Crippen molar-refractivity contribution in [1.29, 1.82) is 0 Å². The number of amides is 1. The minimum atomic E-state index is -4.23. The van der Waals surface area contributed by atoms with E-state index >= 15 is 0 Å². The summed E-state index contributed by atoms with van der Waals surface area (Å²) in [6.45, 7) is 3.65. The van der Waals surface area contributed by atoms with Gasteiger partial charge in [-0.05, 0) is 37.3 Å². The average Bonchev–Trinajstić information content (AvgIpc) is 2.73. The second-order valence-corrected chi connectivity index (χ2v) is 9.00. The van der Waals surface area contributed by atoms with Gasteiger partial charge in [0.1, 0.15) is 5.75 Å². The zero-order valence-electron chi connectivity index (χ0n) is 16.2. The predicted octanol–water partition coefficient (Wildman–Crippen LogP) is 1.85. The second-order valence-electron chi connectivity index (χ2n) is 7.11. The number of nitrogens with zero attached hydrogens (tertiary/aromatic N) is 1. The van der Waals surface area contributed by atoms with Crippen LogP contribution in [0.1, 0.15) is 15.9 Å². The van der Waals surface area contributed by atoms with E-state index in [9.17, 15) is 23.1 Å². The lowest BCUT2D eigenvalue weighted by Crippen LogP contribution is -2.40. The number of hydrogen-bond donors (Lipinski definition) is 2. The first kappa shape index (κ1) is 20.1. The molecule has 0 spiro atoms. The van der Waals surface area contributed by atoms with Crippen LogP contribution in [0.3, 0.4) is 0 Å². The standard InChI is InChI=1S/C21H20N2O6S/c1-13-2-5-15(6-3-13)30(27,28)19-18(24)16-7-4-14(12-17(16)22-20(19)25)21(26)23-8-10-29-11-9-23/h2-7,12H,8-11H2,1H3,(H2,22,24,25). The Morgan fingerprint density at radius 2 is 1.77 bits per heavy atom. The number of morpholine rings is 1. The molecule has 0 atom stereocenters. The summed E-state index contributed by atoms with van der Waals surface area (Å²) in [6.07, 6.45) is 0. The highest BCUT2D eigenvalue weighted by atomic mass is 32.2. The van der Waals surface area contributed by atoms with Gasteiger partial charge >= 0.3 is 0 Å². The van der Waals surface area contributed by atoms with Gasteiger partial charge in [0.25, 0.3) is 11.5 Å². The second kappa shape index (κ2) is 7.58. The van der Waals surface area contributed by atoms with Gasteiger partial charge in [-0.15, -0.1) is 0 Å². The number of carbonyl (C=O) groups excluding carboxylic acids is 1. The normalized spacial score (nSPS) is 14.8. The molecule has 1 aromatic heterocycles. The Bertz CT molecular complexity index is 1290. The van der Waals surface area contributed by atoms with Crippen molar-refractivity contribution in [3.8, 4) is 5.75 Å². The summed E-state index contributed by atoms with van der Waals surface area (Å²) >= 11 is 0. The van der Waals surface area contributed by atoms with Gasteiger partial charge in [0, 0.05) is 24.0 Å². The van der Waals surface area contributed by atoms with Crippen LogP contribution in [0, 0.1) is 6.92 Å². The predicted molar refractivity (Wildman–Crippen MR) is 110 cm³/mol. The molecule has 0 unspecified atom stereocenters. The number of benzene rings is 2. The fourth-order valence-electron chi connectivity index (χ4n) is 3.43. The number of H-pyrrole nitrogens is 1. The summed E-state index contributed by atoms with van der Waals surface area (Å²) in [6, 6.07) is 10.4. The smallest absolute Gasteiger partial charge is 0.271 e. The first-order valence-electron chi connectivity index (χ1n) is 9.37. The van der Waals surface area contributed by atoms with Gasteiger partial charge in [-0.3, -0.25) is 9.59 Å². The number of carbonyl (C=O) groups is 1. The van der Waals surface area contributed by atoms with E-state index in [4.69, 9.17) is 4.74 Å². The SMILES string of the molecule is Cc1ccc(S(=O)(=O)c2c(O)c3ccc(C(=O)N4CCOCC4)cc3[nH]c2=O)cc1. The molecule has 9 heteroatoms. The largest absolute Gasteiger partial charge is 0.506 e. The third-order valence-electron chi connectivity index (χ3n) is 5.09. The van der Waals surface area contributed by atoms with Gasteiger partial charge in [-0.1, -0.05) is 17.7 Å². The summed E-state index contributed by atoms with van der Waals surface area (Å²) in [5, 5.41) is 10.8. The highest BCUT2D eigenvalue weighted by Crippen LogP contribution is 2.32. The van der Waals surface area contributed by atoms with Gasteiger partial charge in [0.05, 0.1) is 23.6 Å².